The van der Waals surface area contributed by atoms with Gasteiger partial charge in [-0.3, -0.25) is 9.63 Å². The summed E-state index contributed by atoms with van der Waals surface area (Å²) in [5.41, 5.74) is 0. The first-order chi connectivity index (χ1) is 5.00. The second kappa shape index (κ2) is 4.72. The predicted molar refractivity (Wildman–Crippen MR) is 47.3 cm³/mol. The third kappa shape index (κ3) is 3.20. The summed E-state index contributed by atoms with van der Waals surface area (Å²) < 4.78 is 0. The van der Waals surface area contributed by atoms with Gasteiger partial charge in [0.15, 0.2) is 0 Å². The standard InChI is InChI=1S/C7H14BrNO2/c1-5(2)6(8)7(10)9(3)11-4/h5-6H,1-4H3. The van der Waals surface area contributed by atoms with Crippen LogP contribution in [0.3, 0.4) is 0 Å². The molecule has 1 amide bonds. The Balaban J connectivity index is 4.02. The average molecular weight is 224 g/mol. The van der Waals surface area contributed by atoms with Crippen molar-refractivity contribution in [3.63, 3.8) is 0 Å². The topological polar surface area (TPSA) is 29.5 Å². The van der Waals surface area contributed by atoms with Gasteiger partial charge in [0.2, 0.25) is 0 Å². The lowest BCUT2D eigenvalue weighted by atomic mass is 10.1. The quantitative estimate of drug-likeness (QED) is 0.536. The fraction of sp³-hybridized carbons (Fsp3) is 0.857. The van der Waals surface area contributed by atoms with Crippen molar-refractivity contribution in [3.8, 4) is 0 Å². The first-order valence-corrected chi connectivity index (χ1v) is 4.38. The summed E-state index contributed by atoms with van der Waals surface area (Å²) in [7, 11) is 3.07. The molecular formula is C7H14BrNO2. The highest BCUT2D eigenvalue weighted by atomic mass is 79.9. The molecule has 4 heteroatoms. The van der Waals surface area contributed by atoms with Crippen molar-refractivity contribution in [1.82, 2.24) is 5.06 Å². The molecule has 0 radical (unpaired) electrons. The molecule has 0 saturated heterocycles. The van der Waals surface area contributed by atoms with Gasteiger partial charge in [-0.25, -0.2) is 5.06 Å². The summed E-state index contributed by atoms with van der Waals surface area (Å²) in [6.07, 6.45) is 0. The van der Waals surface area contributed by atoms with Crippen LogP contribution in [0.4, 0.5) is 0 Å². The van der Waals surface area contributed by atoms with Gasteiger partial charge < -0.3 is 0 Å². The Morgan fingerprint density at radius 1 is 1.55 bits per heavy atom. The summed E-state index contributed by atoms with van der Waals surface area (Å²) in [6.45, 7) is 3.95. The van der Waals surface area contributed by atoms with Crippen LogP contribution in [0.1, 0.15) is 13.8 Å². The normalized spacial score (nSPS) is 13.3. The lowest BCUT2D eigenvalue weighted by molar-refractivity contribution is -0.168. The highest BCUT2D eigenvalue weighted by Crippen LogP contribution is 2.14. The minimum absolute atomic E-state index is 0.0532. The third-order valence-corrected chi connectivity index (χ3v) is 2.85. The van der Waals surface area contributed by atoms with E-state index in [4.69, 9.17) is 4.84 Å². The Bertz CT molecular complexity index is 138. The first kappa shape index (κ1) is 10.9. The Hall–Kier alpha value is -0.0900. The zero-order valence-electron chi connectivity index (χ0n) is 7.30. The van der Waals surface area contributed by atoms with Gasteiger partial charge in [-0.1, -0.05) is 29.8 Å². The Kier molecular flexibility index (Phi) is 4.68. The third-order valence-electron chi connectivity index (χ3n) is 1.41. The van der Waals surface area contributed by atoms with E-state index in [1.54, 1.807) is 7.05 Å². The second-order valence-corrected chi connectivity index (χ2v) is 3.65. The zero-order chi connectivity index (χ0) is 9.02. The average Bonchev–Trinajstić information content (AvgIpc) is 2.00. The fourth-order valence-corrected chi connectivity index (χ4v) is 0.837. The Morgan fingerprint density at radius 2 is 2.00 bits per heavy atom. The maximum Gasteiger partial charge on any atom is 0.259 e. The molecule has 3 nitrogen and oxygen atoms in total. The van der Waals surface area contributed by atoms with E-state index in [2.05, 4.69) is 15.9 Å². The van der Waals surface area contributed by atoms with Crippen LogP contribution in [0.2, 0.25) is 0 Å². The molecule has 0 aromatic heterocycles. The number of hydrogen-bond donors (Lipinski definition) is 0. The van der Waals surface area contributed by atoms with Gasteiger partial charge in [0, 0.05) is 7.05 Å². The van der Waals surface area contributed by atoms with Gasteiger partial charge in [-0.15, -0.1) is 0 Å². The van der Waals surface area contributed by atoms with Crippen LogP contribution < -0.4 is 0 Å². The van der Waals surface area contributed by atoms with E-state index in [-0.39, 0.29) is 16.7 Å². The van der Waals surface area contributed by atoms with Crippen LogP contribution in [-0.2, 0) is 9.63 Å². The molecule has 0 N–H and O–H groups in total. The van der Waals surface area contributed by atoms with E-state index in [1.165, 1.54) is 12.2 Å². The van der Waals surface area contributed by atoms with Crippen LogP contribution in [0.25, 0.3) is 0 Å². The van der Waals surface area contributed by atoms with Crippen molar-refractivity contribution < 1.29 is 9.63 Å². The van der Waals surface area contributed by atoms with Gasteiger partial charge >= 0.3 is 0 Å². The van der Waals surface area contributed by atoms with Gasteiger partial charge in [-0.2, -0.15) is 0 Å². The minimum Gasteiger partial charge on any atom is -0.275 e. The number of amides is 1. The first-order valence-electron chi connectivity index (χ1n) is 3.46. The molecule has 0 spiro atoms. The monoisotopic (exact) mass is 223 g/mol. The number of halogens is 1. The van der Waals surface area contributed by atoms with Crippen molar-refractivity contribution in [2.45, 2.75) is 18.7 Å². The number of carbonyl (C=O) groups is 1. The van der Waals surface area contributed by atoms with Crippen molar-refractivity contribution >= 4 is 21.8 Å². The molecule has 1 atom stereocenters. The number of alkyl halides is 1. The van der Waals surface area contributed by atoms with Crippen LogP contribution >= 0.6 is 15.9 Å². The van der Waals surface area contributed by atoms with Gasteiger partial charge in [0.1, 0.15) is 0 Å². The van der Waals surface area contributed by atoms with E-state index in [1.807, 2.05) is 13.8 Å². The van der Waals surface area contributed by atoms with Crippen LogP contribution in [0, 0.1) is 5.92 Å². The number of carbonyl (C=O) groups excluding carboxylic acids is 1. The lowest BCUT2D eigenvalue weighted by Crippen LogP contribution is -2.34. The summed E-state index contributed by atoms with van der Waals surface area (Å²) in [5.74, 6) is 0.225. The predicted octanol–water partition coefficient (Wildman–Crippen LogP) is 1.43. The van der Waals surface area contributed by atoms with Crippen molar-refractivity contribution in [2.24, 2.45) is 5.92 Å². The van der Waals surface area contributed by atoms with E-state index in [0.717, 1.165) is 0 Å². The molecule has 0 bridgehead atoms. The van der Waals surface area contributed by atoms with Gasteiger partial charge in [0.25, 0.3) is 5.91 Å². The molecule has 0 saturated carbocycles. The molecule has 0 aromatic carbocycles. The number of rotatable bonds is 3. The largest absolute Gasteiger partial charge is 0.275 e. The summed E-state index contributed by atoms with van der Waals surface area (Å²) in [4.78, 5) is 15.8. The molecule has 0 fully saturated rings. The molecule has 0 aliphatic heterocycles. The number of nitrogens with zero attached hydrogens (tertiary/aromatic N) is 1. The molecule has 0 aliphatic rings. The van der Waals surface area contributed by atoms with Crippen molar-refractivity contribution in [2.75, 3.05) is 14.2 Å². The molecule has 66 valence electrons. The molecule has 0 aliphatic carbocycles. The fourth-order valence-electron chi connectivity index (χ4n) is 0.549. The van der Waals surface area contributed by atoms with E-state index >= 15 is 0 Å². The minimum atomic E-state index is -0.160. The SMILES string of the molecule is CON(C)C(=O)C(Br)C(C)C. The van der Waals surface area contributed by atoms with Crippen LogP contribution in [0.15, 0.2) is 0 Å². The molecule has 11 heavy (non-hydrogen) atoms. The summed E-state index contributed by atoms with van der Waals surface area (Å²) >= 11 is 3.28. The maximum absolute atomic E-state index is 11.3. The molecule has 0 rings (SSSR count). The second-order valence-electron chi connectivity index (χ2n) is 2.66. The smallest absolute Gasteiger partial charge is 0.259 e. The Morgan fingerprint density at radius 3 is 2.27 bits per heavy atom. The van der Waals surface area contributed by atoms with Gasteiger partial charge in [-0.05, 0) is 5.92 Å². The van der Waals surface area contributed by atoms with Crippen LogP contribution in [-0.4, -0.2) is 30.0 Å². The molecule has 0 heterocycles. The number of hydroxylamine groups is 2. The highest BCUT2D eigenvalue weighted by Gasteiger charge is 2.21. The van der Waals surface area contributed by atoms with E-state index in [9.17, 15) is 4.79 Å². The summed E-state index contributed by atoms with van der Waals surface area (Å²) in [5, 5.41) is 1.22. The van der Waals surface area contributed by atoms with E-state index in [0.29, 0.717) is 0 Å². The molecular weight excluding hydrogens is 210 g/mol. The van der Waals surface area contributed by atoms with E-state index < -0.39 is 0 Å². The van der Waals surface area contributed by atoms with Crippen LogP contribution in [0.5, 0.6) is 0 Å². The lowest BCUT2D eigenvalue weighted by Gasteiger charge is -2.19. The van der Waals surface area contributed by atoms with Crippen molar-refractivity contribution in [1.29, 1.82) is 0 Å². The van der Waals surface area contributed by atoms with Gasteiger partial charge in [0.05, 0.1) is 11.9 Å². The maximum atomic E-state index is 11.3. The highest BCUT2D eigenvalue weighted by molar-refractivity contribution is 9.10. The number of hydrogen-bond acceptors (Lipinski definition) is 2. The molecule has 0 aromatic rings. The summed E-state index contributed by atoms with van der Waals surface area (Å²) in [6, 6.07) is 0. The van der Waals surface area contributed by atoms with Crippen molar-refractivity contribution in [3.05, 3.63) is 0 Å². The molecule has 1 unspecified atom stereocenters. The zero-order valence-corrected chi connectivity index (χ0v) is 8.88. The Labute approximate surface area is 75.8 Å².